The van der Waals surface area contributed by atoms with Gasteiger partial charge in [-0.3, -0.25) is 4.90 Å². The van der Waals surface area contributed by atoms with E-state index in [2.05, 4.69) is 18.7 Å². The van der Waals surface area contributed by atoms with Crippen LogP contribution in [0.15, 0.2) is 12.1 Å². The molecule has 0 saturated carbocycles. The number of benzene rings is 1. The molecular weight excluding hydrogens is 278 g/mol. The fourth-order valence-corrected chi connectivity index (χ4v) is 4.03. The summed E-state index contributed by atoms with van der Waals surface area (Å²) in [6.07, 6.45) is 2.08. The van der Waals surface area contributed by atoms with Crippen LogP contribution in [0.4, 0.5) is 0 Å². The van der Waals surface area contributed by atoms with E-state index in [1.807, 2.05) is 0 Å². The molecule has 2 heterocycles. The average molecular weight is 308 g/mol. The van der Waals surface area contributed by atoms with Crippen molar-refractivity contribution >= 4 is 0 Å². The van der Waals surface area contributed by atoms with Gasteiger partial charge in [-0.25, -0.2) is 0 Å². The van der Waals surface area contributed by atoms with Crippen LogP contribution >= 0.6 is 0 Å². The number of nitrogens with zero attached hydrogens (tertiary/aromatic N) is 1. The van der Waals surface area contributed by atoms with Crippen LogP contribution in [0.1, 0.15) is 48.0 Å². The van der Waals surface area contributed by atoms with Crippen LogP contribution in [0.3, 0.4) is 0 Å². The van der Waals surface area contributed by atoms with Crippen molar-refractivity contribution < 1.29 is 19.1 Å². The third-order valence-electron chi connectivity index (χ3n) is 5.05. The number of fused-ring (bicyclic) bond motifs is 3. The van der Waals surface area contributed by atoms with Gasteiger partial charge < -0.3 is 14.9 Å². The number of phenols is 1. The lowest BCUT2D eigenvalue weighted by Gasteiger charge is -2.46. The Morgan fingerprint density at radius 2 is 2.27 bits per heavy atom. The molecule has 2 aliphatic rings. The van der Waals surface area contributed by atoms with Gasteiger partial charge in [0.15, 0.2) is 11.5 Å². The van der Waals surface area contributed by atoms with E-state index < -0.39 is 7.04 Å². The summed E-state index contributed by atoms with van der Waals surface area (Å²) in [6, 6.07) is 3.32. The molecule has 2 aliphatic heterocycles. The third-order valence-corrected chi connectivity index (χ3v) is 5.05. The number of hydrogen-bond donors (Lipinski definition) is 2. The number of hydrogen-bond acceptors (Lipinski definition) is 4. The van der Waals surface area contributed by atoms with E-state index in [1.54, 1.807) is 12.1 Å². The van der Waals surface area contributed by atoms with Crippen LogP contribution in [0.25, 0.3) is 0 Å². The largest absolute Gasteiger partial charge is 0.504 e. The van der Waals surface area contributed by atoms with Gasteiger partial charge in [0.2, 0.25) is 0 Å². The number of aliphatic hydroxyl groups is 1. The summed E-state index contributed by atoms with van der Waals surface area (Å²) < 4.78 is 26.6. The molecule has 3 rings (SSSR count). The maximum absolute atomic E-state index is 10.6. The number of rotatable bonds is 3. The smallest absolute Gasteiger partial charge is 0.160 e. The van der Waals surface area contributed by atoms with Crippen LogP contribution in [0.5, 0.6) is 11.5 Å². The Balaban J connectivity index is 1.84. The van der Waals surface area contributed by atoms with Gasteiger partial charge in [-0.05, 0) is 54.4 Å². The predicted molar refractivity (Wildman–Crippen MR) is 86.2 cm³/mol. The molecule has 1 fully saturated rings. The maximum Gasteiger partial charge on any atom is 0.160 e. The first-order valence-corrected chi connectivity index (χ1v) is 8.11. The molecule has 2 N–H and O–H groups in total. The maximum atomic E-state index is 10.6. The molecule has 0 spiro atoms. The Bertz CT molecular complexity index is 633. The number of phenolic OH excluding ortho intramolecular Hbond substituents is 1. The SMILES string of the molecule is [2H]C([2H])([2H])Oc1cc2c(cc1O)[C@H]1C[C@H](O)[C@H](CC(C)C)CN1CC2. The molecule has 22 heavy (non-hydrogen) atoms. The molecule has 0 radical (unpaired) electrons. The van der Waals surface area contributed by atoms with Crippen molar-refractivity contribution in [2.45, 2.75) is 45.3 Å². The fourth-order valence-electron chi connectivity index (χ4n) is 4.03. The van der Waals surface area contributed by atoms with E-state index in [0.717, 1.165) is 37.1 Å². The first-order chi connectivity index (χ1) is 11.6. The Labute approximate surface area is 136 Å². The highest BCUT2D eigenvalue weighted by Crippen LogP contribution is 2.43. The van der Waals surface area contributed by atoms with E-state index in [0.29, 0.717) is 12.3 Å². The fraction of sp³-hybridized carbons (Fsp3) is 0.667. The van der Waals surface area contributed by atoms with Gasteiger partial charge in [-0.15, -0.1) is 0 Å². The number of aliphatic hydroxyl groups excluding tert-OH is 1. The van der Waals surface area contributed by atoms with Crippen LogP contribution in [-0.2, 0) is 6.42 Å². The lowest BCUT2D eigenvalue weighted by Crippen LogP contribution is -2.48. The standard InChI is InChI=1S/C18H27NO3/c1-11(2)6-13-10-19-5-4-12-7-18(22-3)17(21)8-14(12)15(19)9-16(13)20/h7-8,11,13,15-16,20-21H,4-6,9-10H2,1-3H3/t13-,15-,16+/m1/s1/i3D3. The normalized spacial score (nSPS) is 30.9. The number of ether oxygens (including phenoxy) is 1. The van der Waals surface area contributed by atoms with Crippen molar-refractivity contribution in [2.75, 3.05) is 20.1 Å². The van der Waals surface area contributed by atoms with Crippen molar-refractivity contribution in [3.05, 3.63) is 23.3 Å². The molecule has 4 nitrogen and oxygen atoms in total. The zero-order valence-corrected chi connectivity index (χ0v) is 13.2. The summed E-state index contributed by atoms with van der Waals surface area (Å²) in [7, 11) is -2.59. The zero-order valence-electron chi connectivity index (χ0n) is 16.2. The predicted octanol–water partition coefficient (Wildman–Crippen LogP) is 2.73. The Morgan fingerprint density at radius 1 is 1.45 bits per heavy atom. The number of methoxy groups -OCH3 is 1. The molecule has 4 heteroatoms. The van der Waals surface area contributed by atoms with Crippen LogP contribution in [-0.4, -0.2) is 41.3 Å². The molecule has 0 aliphatic carbocycles. The quantitative estimate of drug-likeness (QED) is 0.901. The van der Waals surface area contributed by atoms with E-state index in [4.69, 9.17) is 8.85 Å². The second-order valence-corrected chi connectivity index (χ2v) is 7.07. The highest BCUT2D eigenvalue weighted by Gasteiger charge is 2.38. The highest BCUT2D eigenvalue weighted by molar-refractivity contribution is 5.48. The molecule has 0 bridgehead atoms. The Hall–Kier alpha value is -1.26. The van der Waals surface area contributed by atoms with E-state index in [9.17, 15) is 10.2 Å². The molecule has 0 amide bonds. The van der Waals surface area contributed by atoms with Gasteiger partial charge in [-0.1, -0.05) is 13.8 Å². The monoisotopic (exact) mass is 308 g/mol. The minimum absolute atomic E-state index is 0.00115. The van der Waals surface area contributed by atoms with E-state index >= 15 is 0 Å². The minimum Gasteiger partial charge on any atom is -0.504 e. The summed E-state index contributed by atoms with van der Waals surface area (Å²) >= 11 is 0. The first-order valence-electron chi connectivity index (χ1n) is 9.61. The second kappa shape index (κ2) is 6.09. The highest BCUT2D eigenvalue weighted by atomic mass is 16.5. The van der Waals surface area contributed by atoms with Gasteiger partial charge in [0.05, 0.1) is 17.3 Å². The van der Waals surface area contributed by atoms with E-state index in [-0.39, 0.29) is 29.6 Å². The molecule has 1 saturated heterocycles. The second-order valence-electron chi connectivity index (χ2n) is 7.07. The summed E-state index contributed by atoms with van der Waals surface area (Å²) in [4.78, 5) is 2.38. The van der Waals surface area contributed by atoms with Gasteiger partial charge in [0.25, 0.3) is 0 Å². The number of piperidine rings is 1. The van der Waals surface area contributed by atoms with Crippen molar-refractivity contribution in [3.63, 3.8) is 0 Å². The molecule has 0 unspecified atom stereocenters. The van der Waals surface area contributed by atoms with Crippen molar-refractivity contribution in [1.82, 2.24) is 4.90 Å². The van der Waals surface area contributed by atoms with Crippen molar-refractivity contribution in [1.29, 1.82) is 0 Å². The van der Waals surface area contributed by atoms with Gasteiger partial charge in [-0.2, -0.15) is 0 Å². The molecule has 1 aromatic rings. The van der Waals surface area contributed by atoms with Crippen LogP contribution in [0.2, 0.25) is 0 Å². The van der Waals surface area contributed by atoms with Gasteiger partial charge in [0.1, 0.15) is 0 Å². The molecule has 0 aromatic heterocycles. The minimum atomic E-state index is -2.59. The van der Waals surface area contributed by atoms with E-state index in [1.165, 1.54) is 0 Å². The molecule has 1 aromatic carbocycles. The molecule has 122 valence electrons. The van der Waals surface area contributed by atoms with Crippen LogP contribution in [0, 0.1) is 11.8 Å². The molecular formula is C18H27NO3. The topological polar surface area (TPSA) is 52.9 Å². The Morgan fingerprint density at radius 3 is 3.00 bits per heavy atom. The first kappa shape index (κ1) is 12.2. The van der Waals surface area contributed by atoms with Crippen molar-refractivity contribution in [3.8, 4) is 11.5 Å². The summed E-state index contributed by atoms with van der Waals surface area (Å²) in [6.45, 7) is 6.08. The van der Waals surface area contributed by atoms with Crippen LogP contribution < -0.4 is 4.74 Å². The summed E-state index contributed by atoms with van der Waals surface area (Å²) in [5.74, 6) is 0.679. The Kier molecular flexibility index (Phi) is 3.38. The third kappa shape index (κ3) is 2.82. The lowest BCUT2D eigenvalue weighted by atomic mass is 9.79. The number of aromatic hydroxyl groups is 1. The average Bonchev–Trinajstić information content (AvgIpc) is 2.47. The van der Waals surface area contributed by atoms with Crippen molar-refractivity contribution in [2.24, 2.45) is 11.8 Å². The summed E-state index contributed by atoms with van der Waals surface area (Å²) in [5.41, 5.74) is 1.97. The van der Waals surface area contributed by atoms with Gasteiger partial charge >= 0.3 is 0 Å². The van der Waals surface area contributed by atoms with Gasteiger partial charge in [0, 0.05) is 19.1 Å². The lowest BCUT2D eigenvalue weighted by molar-refractivity contribution is -0.0191. The zero-order chi connectivity index (χ0) is 18.4. The summed E-state index contributed by atoms with van der Waals surface area (Å²) in [5, 5.41) is 20.8. The molecule has 3 atom stereocenters.